The number of carbonyl (C=O) groups excluding carboxylic acids is 1. The number of hydrogen-bond donors (Lipinski definition) is 0. The second kappa shape index (κ2) is 2.32. The summed E-state index contributed by atoms with van der Waals surface area (Å²) in [4.78, 5) is 10.9. The number of rotatable bonds is 2. The molecular formula is C10H13NO. The number of ketones is 1. The zero-order valence-corrected chi connectivity index (χ0v) is 7.34. The van der Waals surface area contributed by atoms with Crippen LogP contribution in [-0.2, 0) is 4.79 Å². The molecule has 2 unspecified atom stereocenters. The van der Waals surface area contributed by atoms with Gasteiger partial charge in [-0.25, -0.2) is 0 Å². The zero-order chi connectivity index (χ0) is 8.77. The van der Waals surface area contributed by atoms with E-state index in [1.165, 1.54) is 6.42 Å². The highest BCUT2D eigenvalue weighted by Crippen LogP contribution is 2.60. The van der Waals surface area contributed by atoms with Crippen molar-refractivity contribution in [2.75, 3.05) is 0 Å². The predicted molar refractivity (Wildman–Crippen MR) is 44.2 cm³/mol. The Hall–Kier alpha value is -0.840. The van der Waals surface area contributed by atoms with Gasteiger partial charge in [-0.2, -0.15) is 5.26 Å². The summed E-state index contributed by atoms with van der Waals surface area (Å²) in [6.45, 7) is 1.59. The Morgan fingerprint density at radius 1 is 1.58 bits per heavy atom. The molecule has 0 spiro atoms. The number of hydrogen-bond acceptors (Lipinski definition) is 2. The van der Waals surface area contributed by atoms with Crippen LogP contribution in [0.25, 0.3) is 0 Å². The summed E-state index contributed by atoms with van der Waals surface area (Å²) >= 11 is 0. The number of nitriles is 1. The molecule has 0 radical (unpaired) electrons. The van der Waals surface area contributed by atoms with E-state index in [0.29, 0.717) is 6.42 Å². The number of Topliss-reactive ketones (excluding diaryl/α,β-unsaturated/α-hetero) is 1. The molecule has 12 heavy (non-hydrogen) atoms. The lowest BCUT2D eigenvalue weighted by atomic mass is 9.80. The van der Waals surface area contributed by atoms with Crippen LogP contribution >= 0.6 is 0 Å². The van der Waals surface area contributed by atoms with Crippen LogP contribution in [0.4, 0.5) is 0 Å². The third kappa shape index (κ3) is 1.14. The molecule has 0 aromatic heterocycles. The number of fused-ring (bicyclic) bond motifs is 1. The van der Waals surface area contributed by atoms with Gasteiger partial charge >= 0.3 is 0 Å². The minimum atomic E-state index is -0.264. The summed E-state index contributed by atoms with van der Waals surface area (Å²) in [5, 5.41) is 9.00. The van der Waals surface area contributed by atoms with E-state index in [0.717, 1.165) is 24.7 Å². The van der Waals surface area contributed by atoms with Crippen molar-refractivity contribution in [3.8, 4) is 6.07 Å². The van der Waals surface area contributed by atoms with Gasteiger partial charge in [0, 0.05) is 6.42 Å². The molecule has 0 aliphatic heterocycles. The topological polar surface area (TPSA) is 40.9 Å². The van der Waals surface area contributed by atoms with E-state index >= 15 is 0 Å². The van der Waals surface area contributed by atoms with Crippen LogP contribution < -0.4 is 0 Å². The third-order valence-electron chi connectivity index (χ3n) is 3.20. The first-order chi connectivity index (χ1) is 5.65. The molecule has 2 atom stereocenters. The molecule has 64 valence electrons. The van der Waals surface area contributed by atoms with Crippen LogP contribution in [0.15, 0.2) is 0 Å². The minimum Gasteiger partial charge on any atom is -0.300 e. The van der Waals surface area contributed by atoms with Gasteiger partial charge in [-0.3, -0.25) is 4.79 Å². The van der Waals surface area contributed by atoms with E-state index in [-0.39, 0.29) is 11.2 Å². The van der Waals surface area contributed by atoms with Crippen molar-refractivity contribution in [2.24, 2.45) is 17.3 Å². The normalized spacial score (nSPS) is 43.3. The summed E-state index contributed by atoms with van der Waals surface area (Å²) in [6.07, 6.45) is 3.75. The van der Waals surface area contributed by atoms with Gasteiger partial charge < -0.3 is 0 Å². The number of carbonyl (C=O) groups is 1. The lowest BCUT2D eigenvalue weighted by Crippen LogP contribution is -2.19. The second-order valence-electron chi connectivity index (χ2n) is 4.44. The third-order valence-corrected chi connectivity index (χ3v) is 3.20. The van der Waals surface area contributed by atoms with Crippen molar-refractivity contribution in [3.63, 3.8) is 0 Å². The SMILES string of the molecule is CC(=O)CC1(C#N)CC2CC2C1. The maximum atomic E-state index is 10.9. The largest absolute Gasteiger partial charge is 0.300 e. The lowest BCUT2D eigenvalue weighted by Gasteiger charge is -2.20. The molecule has 0 heterocycles. The Labute approximate surface area is 72.6 Å². The number of nitrogens with zero attached hydrogens (tertiary/aromatic N) is 1. The molecule has 2 fully saturated rings. The smallest absolute Gasteiger partial charge is 0.131 e. The highest BCUT2D eigenvalue weighted by Gasteiger charge is 2.54. The first-order valence-corrected chi connectivity index (χ1v) is 4.56. The summed E-state index contributed by atoms with van der Waals surface area (Å²) in [7, 11) is 0. The molecule has 2 aliphatic rings. The van der Waals surface area contributed by atoms with Crippen LogP contribution in [0, 0.1) is 28.6 Å². The molecule has 2 aliphatic carbocycles. The van der Waals surface area contributed by atoms with Gasteiger partial charge in [-0.1, -0.05) is 0 Å². The van der Waals surface area contributed by atoms with E-state index in [1.807, 2.05) is 0 Å². The van der Waals surface area contributed by atoms with E-state index in [1.54, 1.807) is 6.92 Å². The van der Waals surface area contributed by atoms with Crippen molar-refractivity contribution >= 4 is 5.78 Å². The maximum Gasteiger partial charge on any atom is 0.131 e. The van der Waals surface area contributed by atoms with Crippen molar-refractivity contribution < 1.29 is 4.79 Å². The molecule has 0 amide bonds. The second-order valence-corrected chi connectivity index (χ2v) is 4.44. The van der Waals surface area contributed by atoms with Gasteiger partial charge in [0.2, 0.25) is 0 Å². The van der Waals surface area contributed by atoms with Crippen molar-refractivity contribution in [3.05, 3.63) is 0 Å². The fraction of sp³-hybridized carbons (Fsp3) is 0.800. The monoisotopic (exact) mass is 163 g/mol. The summed E-state index contributed by atoms with van der Waals surface area (Å²) in [6, 6.07) is 2.35. The van der Waals surface area contributed by atoms with Gasteiger partial charge in [0.1, 0.15) is 5.78 Å². The molecule has 0 aromatic carbocycles. The summed E-state index contributed by atoms with van der Waals surface area (Å²) in [5.41, 5.74) is -0.264. The first-order valence-electron chi connectivity index (χ1n) is 4.56. The molecule has 0 N–H and O–H groups in total. The van der Waals surface area contributed by atoms with Crippen molar-refractivity contribution in [2.45, 2.75) is 32.6 Å². The van der Waals surface area contributed by atoms with Gasteiger partial charge in [-0.15, -0.1) is 0 Å². The summed E-state index contributed by atoms with van der Waals surface area (Å²) < 4.78 is 0. The fourth-order valence-corrected chi connectivity index (χ4v) is 2.65. The fourth-order valence-electron chi connectivity index (χ4n) is 2.65. The van der Waals surface area contributed by atoms with Gasteiger partial charge in [-0.05, 0) is 38.0 Å². The molecule has 2 saturated carbocycles. The van der Waals surface area contributed by atoms with Gasteiger partial charge in [0.05, 0.1) is 11.5 Å². The molecule has 0 bridgehead atoms. The Balaban J connectivity index is 2.07. The molecule has 0 saturated heterocycles. The van der Waals surface area contributed by atoms with Crippen LogP contribution in [0.3, 0.4) is 0 Å². The first kappa shape index (κ1) is 7.79. The maximum absolute atomic E-state index is 10.9. The van der Waals surface area contributed by atoms with Crippen LogP contribution in [0.1, 0.15) is 32.6 Å². The quantitative estimate of drug-likeness (QED) is 0.623. The van der Waals surface area contributed by atoms with E-state index in [2.05, 4.69) is 6.07 Å². The van der Waals surface area contributed by atoms with Crippen LogP contribution in [-0.4, -0.2) is 5.78 Å². The van der Waals surface area contributed by atoms with Crippen LogP contribution in [0.5, 0.6) is 0 Å². The highest BCUT2D eigenvalue weighted by atomic mass is 16.1. The van der Waals surface area contributed by atoms with Crippen molar-refractivity contribution in [1.82, 2.24) is 0 Å². The average Bonchev–Trinajstić information content (AvgIpc) is 2.59. The predicted octanol–water partition coefficient (Wildman–Crippen LogP) is 1.91. The minimum absolute atomic E-state index is 0.165. The molecule has 0 aromatic rings. The Morgan fingerprint density at radius 3 is 2.58 bits per heavy atom. The van der Waals surface area contributed by atoms with E-state index < -0.39 is 0 Å². The van der Waals surface area contributed by atoms with Gasteiger partial charge in [0.15, 0.2) is 0 Å². The molecule has 2 rings (SSSR count). The van der Waals surface area contributed by atoms with Gasteiger partial charge in [0.25, 0.3) is 0 Å². The Morgan fingerprint density at radius 2 is 2.17 bits per heavy atom. The molecule has 2 heteroatoms. The summed E-state index contributed by atoms with van der Waals surface area (Å²) in [5.74, 6) is 1.73. The molecule has 2 nitrogen and oxygen atoms in total. The zero-order valence-electron chi connectivity index (χ0n) is 7.34. The Kier molecular flexibility index (Phi) is 1.51. The Bertz CT molecular complexity index is 254. The van der Waals surface area contributed by atoms with E-state index in [4.69, 9.17) is 5.26 Å². The highest BCUT2D eigenvalue weighted by molar-refractivity contribution is 5.76. The van der Waals surface area contributed by atoms with Crippen LogP contribution in [0.2, 0.25) is 0 Å². The van der Waals surface area contributed by atoms with Crippen molar-refractivity contribution in [1.29, 1.82) is 5.26 Å². The molecular weight excluding hydrogens is 150 g/mol. The van der Waals surface area contributed by atoms with E-state index in [9.17, 15) is 4.79 Å². The standard InChI is InChI=1S/C10H13NO/c1-7(12)3-10(6-11)4-8-2-9(8)5-10/h8-9H,2-5H2,1H3. The lowest BCUT2D eigenvalue weighted by molar-refractivity contribution is -0.118. The average molecular weight is 163 g/mol.